The van der Waals surface area contributed by atoms with Crippen LogP contribution in [0.15, 0.2) is 83.5 Å². The minimum atomic E-state index is -0.526. The van der Waals surface area contributed by atoms with Gasteiger partial charge in [0.1, 0.15) is 11.5 Å². The van der Waals surface area contributed by atoms with Gasteiger partial charge in [-0.3, -0.25) is 25.0 Å². The molecule has 0 atom stereocenters. The molecule has 0 spiro atoms. The van der Waals surface area contributed by atoms with Gasteiger partial charge in [-0.05, 0) is 60.2 Å². The molecular formula is C23H16N4O6. The van der Waals surface area contributed by atoms with Crippen molar-refractivity contribution in [2.24, 2.45) is 5.10 Å². The van der Waals surface area contributed by atoms with E-state index in [1.165, 1.54) is 41.4 Å². The van der Waals surface area contributed by atoms with Crippen molar-refractivity contribution >= 4 is 34.8 Å². The normalized spacial score (nSPS) is 14.3. The zero-order chi connectivity index (χ0) is 23.5. The van der Waals surface area contributed by atoms with Crippen LogP contribution in [0.2, 0.25) is 0 Å². The minimum Gasteiger partial charge on any atom is -0.497 e. The fourth-order valence-corrected chi connectivity index (χ4v) is 3.26. The van der Waals surface area contributed by atoms with Gasteiger partial charge in [0.15, 0.2) is 0 Å². The number of nitro benzene ring substituents is 2. The monoisotopic (exact) mass is 444 g/mol. The van der Waals surface area contributed by atoms with E-state index >= 15 is 0 Å². The first kappa shape index (κ1) is 21.4. The van der Waals surface area contributed by atoms with Crippen LogP contribution < -0.4 is 9.75 Å². The molecule has 33 heavy (non-hydrogen) atoms. The number of nitro groups is 2. The van der Waals surface area contributed by atoms with Crippen LogP contribution in [-0.2, 0) is 4.79 Å². The van der Waals surface area contributed by atoms with E-state index in [1.54, 1.807) is 49.6 Å². The molecule has 3 aromatic carbocycles. The van der Waals surface area contributed by atoms with Crippen molar-refractivity contribution < 1.29 is 19.4 Å². The molecule has 1 aliphatic heterocycles. The Morgan fingerprint density at radius 3 is 1.91 bits per heavy atom. The standard InChI is InChI=1S/C23H16N4O6/c1-33-20-12-4-16(5-13-20)22-21(14-15-2-6-18(7-3-15)26(29)30)23(28)25(24-22)17-8-10-19(11-9-17)27(31)32/h2-14H,1H3/b21-14-. The first-order valence-corrected chi connectivity index (χ1v) is 9.66. The highest BCUT2D eigenvalue weighted by Gasteiger charge is 2.32. The number of carbonyl (C=O) groups is 1. The van der Waals surface area contributed by atoms with Crippen molar-refractivity contribution in [2.45, 2.75) is 0 Å². The predicted molar refractivity (Wildman–Crippen MR) is 121 cm³/mol. The Morgan fingerprint density at radius 1 is 0.848 bits per heavy atom. The summed E-state index contributed by atoms with van der Waals surface area (Å²) in [5, 5.41) is 27.5. The average Bonchev–Trinajstić information content (AvgIpc) is 3.15. The van der Waals surface area contributed by atoms with Gasteiger partial charge in [-0.1, -0.05) is 0 Å². The van der Waals surface area contributed by atoms with Crippen LogP contribution in [0, 0.1) is 20.2 Å². The van der Waals surface area contributed by atoms with E-state index in [-0.39, 0.29) is 16.9 Å². The molecule has 1 amide bonds. The number of nitrogens with zero attached hydrogens (tertiary/aromatic N) is 4. The van der Waals surface area contributed by atoms with Crippen LogP contribution in [0.1, 0.15) is 11.1 Å². The smallest absolute Gasteiger partial charge is 0.281 e. The van der Waals surface area contributed by atoms with Crippen molar-refractivity contribution in [3.05, 3.63) is 110 Å². The Kier molecular flexibility index (Phi) is 5.64. The lowest BCUT2D eigenvalue weighted by Crippen LogP contribution is -2.21. The highest BCUT2D eigenvalue weighted by molar-refractivity contribution is 6.37. The Morgan fingerprint density at radius 2 is 1.39 bits per heavy atom. The van der Waals surface area contributed by atoms with E-state index in [0.717, 1.165) is 0 Å². The molecule has 1 aliphatic rings. The summed E-state index contributed by atoms with van der Waals surface area (Å²) in [6.07, 6.45) is 1.60. The molecule has 1 heterocycles. The number of rotatable bonds is 6. The molecule has 0 bridgehead atoms. The maximum Gasteiger partial charge on any atom is 0.281 e. The number of non-ortho nitro benzene ring substituents is 2. The lowest BCUT2D eigenvalue weighted by atomic mass is 10.00. The number of hydrogen-bond donors (Lipinski definition) is 0. The van der Waals surface area contributed by atoms with E-state index in [1.807, 2.05) is 0 Å². The number of anilines is 1. The molecule has 10 heteroatoms. The summed E-state index contributed by atoms with van der Waals surface area (Å²) in [4.78, 5) is 34.1. The number of carbonyl (C=O) groups excluding carboxylic acids is 1. The van der Waals surface area contributed by atoms with Crippen molar-refractivity contribution in [3.8, 4) is 5.75 Å². The number of hydrogen-bond acceptors (Lipinski definition) is 7. The molecule has 0 radical (unpaired) electrons. The number of hydrazone groups is 1. The summed E-state index contributed by atoms with van der Waals surface area (Å²) in [5.41, 5.74) is 2.09. The quantitative estimate of drug-likeness (QED) is 0.316. The summed E-state index contributed by atoms with van der Waals surface area (Å²) in [6, 6.07) is 18.3. The van der Waals surface area contributed by atoms with Gasteiger partial charge in [0, 0.05) is 29.8 Å². The molecule has 164 valence electrons. The van der Waals surface area contributed by atoms with Gasteiger partial charge in [-0.25, -0.2) is 0 Å². The summed E-state index contributed by atoms with van der Waals surface area (Å²) >= 11 is 0. The second kappa shape index (κ2) is 8.71. The van der Waals surface area contributed by atoms with Crippen molar-refractivity contribution in [1.29, 1.82) is 0 Å². The van der Waals surface area contributed by atoms with Gasteiger partial charge in [0.25, 0.3) is 17.3 Å². The van der Waals surface area contributed by atoms with Gasteiger partial charge >= 0.3 is 0 Å². The van der Waals surface area contributed by atoms with Gasteiger partial charge in [-0.15, -0.1) is 0 Å². The zero-order valence-electron chi connectivity index (χ0n) is 17.2. The number of amides is 1. The van der Waals surface area contributed by atoms with E-state index in [2.05, 4.69) is 5.10 Å². The molecule has 10 nitrogen and oxygen atoms in total. The summed E-state index contributed by atoms with van der Waals surface area (Å²) < 4.78 is 5.18. The van der Waals surface area contributed by atoms with Crippen LogP contribution in [0.4, 0.5) is 17.1 Å². The lowest BCUT2D eigenvalue weighted by molar-refractivity contribution is -0.385. The first-order chi connectivity index (χ1) is 15.9. The van der Waals surface area contributed by atoms with Crippen LogP contribution >= 0.6 is 0 Å². The maximum atomic E-state index is 13.3. The Bertz CT molecular complexity index is 1300. The van der Waals surface area contributed by atoms with Crippen molar-refractivity contribution in [3.63, 3.8) is 0 Å². The van der Waals surface area contributed by atoms with Gasteiger partial charge < -0.3 is 4.74 Å². The van der Waals surface area contributed by atoms with Crippen LogP contribution in [0.3, 0.4) is 0 Å². The Hall–Kier alpha value is -4.86. The van der Waals surface area contributed by atoms with Gasteiger partial charge in [0.2, 0.25) is 0 Å². The summed E-state index contributed by atoms with van der Waals surface area (Å²) in [5.74, 6) is 0.199. The topological polar surface area (TPSA) is 128 Å². The van der Waals surface area contributed by atoms with Crippen LogP contribution in [-0.4, -0.2) is 28.6 Å². The SMILES string of the molecule is COc1ccc(C2=NN(c3ccc([N+](=O)[O-])cc3)C(=O)/C2=C\c2ccc([N+](=O)[O-])cc2)cc1. The number of ether oxygens (including phenoxy) is 1. The first-order valence-electron chi connectivity index (χ1n) is 9.66. The van der Waals surface area contributed by atoms with Gasteiger partial charge in [-0.2, -0.15) is 10.1 Å². The Labute approximate surface area is 187 Å². The third kappa shape index (κ3) is 4.30. The molecule has 4 rings (SSSR count). The third-order valence-corrected chi connectivity index (χ3v) is 4.96. The highest BCUT2D eigenvalue weighted by atomic mass is 16.6. The van der Waals surface area contributed by atoms with E-state index in [4.69, 9.17) is 4.74 Å². The van der Waals surface area contributed by atoms with Crippen molar-refractivity contribution in [1.82, 2.24) is 0 Å². The molecule has 0 saturated heterocycles. The molecule has 0 aliphatic carbocycles. The van der Waals surface area contributed by atoms with Crippen LogP contribution in [0.25, 0.3) is 6.08 Å². The number of methoxy groups -OCH3 is 1. The third-order valence-electron chi connectivity index (χ3n) is 4.96. The van der Waals surface area contributed by atoms with Crippen LogP contribution in [0.5, 0.6) is 5.75 Å². The molecule has 0 unspecified atom stereocenters. The van der Waals surface area contributed by atoms with Gasteiger partial charge in [0.05, 0.1) is 28.2 Å². The molecule has 0 saturated carbocycles. The zero-order valence-corrected chi connectivity index (χ0v) is 17.2. The molecule has 0 N–H and O–H groups in total. The fourth-order valence-electron chi connectivity index (χ4n) is 3.26. The van der Waals surface area contributed by atoms with E-state index < -0.39 is 15.8 Å². The average molecular weight is 444 g/mol. The number of benzene rings is 3. The lowest BCUT2D eigenvalue weighted by Gasteiger charge is -2.11. The van der Waals surface area contributed by atoms with E-state index in [9.17, 15) is 25.0 Å². The largest absolute Gasteiger partial charge is 0.497 e. The molecule has 0 aromatic heterocycles. The molecule has 0 fully saturated rings. The molecule has 3 aromatic rings. The summed E-state index contributed by atoms with van der Waals surface area (Å²) in [6.45, 7) is 0. The fraction of sp³-hybridized carbons (Fsp3) is 0.0435. The minimum absolute atomic E-state index is 0.0635. The predicted octanol–water partition coefficient (Wildman–Crippen LogP) is 4.35. The second-order valence-corrected chi connectivity index (χ2v) is 6.97. The highest BCUT2D eigenvalue weighted by Crippen LogP contribution is 2.30. The van der Waals surface area contributed by atoms with Crippen molar-refractivity contribution in [2.75, 3.05) is 12.1 Å². The molecular weight excluding hydrogens is 428 g/mol. The maximum absolute atomic E-state index is 13.3. The van der Waals surface area contributed by atoms with E-state index in [0.29, 0.717) is 28.3 Å². The summed E-state index contributed by atoms with van der Waals surface area (Å²) in [7, 11) is 1.54. The second-order valence-electron chi connectivity index (χ2n) is 6.97. The Balaban J connectivity index is 1.77.